The summed E-state index contributed by atoms with van der Waals surface area (Å²) in [4.78, 5) is 0. The minimum absolute atomic E-state index is 0.548. The number of likely N-dealkylation sites (N-methyl/N-ethyl adjacent to an activating group) is 1. The zero-order valence-electron chi connectivity index (χ0n) is 14.2. The van der Waals surface area contributed by atoms with Crippen molar-refractivity contribution in [3.8, 4) is 0 Å². The van der Waals surface area contributed by atoms with Gasteiger partial charge in [-0.25, -0.2) is 0 Å². The molecular weight excluding hydrogens is 258 g/mol. The molecular formula is C18H31N3. The van der Waals surface area contributed by atoms with Gasteiger partial charge < -0.3 is 5.32 Å². The van der Waals surface area contributed by atoms with Gasteiger partial charge in [0, 0.05) is 18.8 Å². The smallest absolute Gasteiger partial charge is 0.0628 e. The highest BCUT2D eigenvalue weighted by Crippen LogP contribution is 2.23. The van der Waals surface area contributed by atoms with E-state index >= 15 is 0 Å². The third-order valence-electron chi connectivity index (χ3n) is 4.82. The third-order valence-corrected chi connectivity index (χ3v) is 4.82. The molecule has 0 saturated heterocycles. The van der Waals surface area contributed by atoms with Crippen LogP contribution in [0.25, 0.3) is 0 Å². The van der Waals surface area contributed by atoms with Crippen LogP contribution in [0.1, 0.15) is 62.4 Å². The van der Waals surface area contributed by atoms with E-state index in [2.05, 4.69) is 37.3 Å². The number of hydrogen-bond acceptors (Lipinski definition) is 2. The van der Waals surface area contributed by atoms with Crippen molar-refractivity contribution in [1.82, 2.24) is 15.1 Å². The summed E-state index contributed by atoms with van der Waals surface area (Å²) in [5.74, 6) is 0. The molecule has 1 aromatic rings. The molecule has 1 unspecified atom stereocenters. The van der Waals surface area contributed by atoms with Crippen molar-refractivity contribution in [2.45, 2.75) is 71.8 Å². The number of hydrogen-bond donors (Lipinski definition) is 1. The summed E-state index contributed by atoms with van der Waals surface area (Å²) in [5.41, 5.74) is 5.60. The Morgan fingerprint density at radius 3 is 2.76 bits per heavy atom. The van der Waals surface area contributed by atoms with Crippen molar-refractivity contribution >= 4 is 0 Å². The summed E-state index contributed by atoms with van der Waals surface area (Å²) in [6.07, 6.45) is 11.5. The van der Waals surface area contributed by atoms with E-state index in [1.165, 1.54) is 55.5 Å². The van der Waals surface area contributed by atoms with Gasteiger partial charge in [0.15, 0.2) is 0 Å². The maximum atomic E-state index is 4.54. The Morgan fingerprint density at radius 1 is 1.29 bits per heavy atom. The number of aromatic nitrogens is 2. The summed E-state index contributed by atoms with van der Waals surface area (Å²) in [7, 11) is 2.04. The number of rotatable bonds is 6. The lowest BCUT2D eigenvalue weighted by Crippen LogP contribution is -2.31. The average molecular weight is 289 g/mol. The fourth-order valence-electron chi connectivity index (χ4n) is 3.49. The van der Waals surface area contributed by atoms with E-state index in [0.29, 0.717) is 6.04 Å². The normalized spacial score (nSPS) is 17.4. The lowest BCUT2D eigenvalue weighted by Gasteiger charge is -2.21. The molecule has 0 spiro atoms. The van der Waals surface area contributed by atoms with Gasteiger partial charge in [-0.15, -0.1) is 0 Å². The Bertz CT molecular complexity index is 485. The van der Waals surface area contributed by atoms with Gasteiger partial charge in [0.05, 0.1) is 5.69 Å². The van der Waals surface area contributed by atoms with Crippen LogP contribution in [0.5, 0.6) is 0 Å². The molecule has 0 saturated carbocycles. The molecule has 3 nitrogen and oxygen atoms in total. The Hall–Kier alpha value is -1.09. The standard InChI is InChI=1S/C18H31N3/c1-5-19-18(16-10-8-6-7-9-11-16)13-12-17-14(2)20-21(4)15(17)3/h10,18-19H,5-9,11-13H2,1-4H3. The topological polar surface area (TPSA) is 29.9 Å². The highest BCUT2D eigenvalue weighted by Gasteiger charge is 2.17. The number of nitrogens with zero attached hydrogens (tertiary/aromatic N) is 2. The first-order chi connectivity index (χ1) is 10.1. The maximum Gasteiger partial charge on any atom is 0.0628 e. The zero-order chi connectivity index (χ0) is 15.2. The van der Waals surface area contributed by atoms with Gasteiger partial charge in [-0.3, -0.25) is 4.68 Å². The second-order valence-corrected chi connectivity index (χ2v) is 6.30. The molecule has 0 radical (unpaired) electrons. The minimum Gasteiger partial charge on any atom is -0.311 e. The SMILES string of the molecule is CCNC(CCc1c(C)nn(C)c1C)C1=CCCCCC1. The maximum absolute atomic E-state index is 4.54. The van der Waals surface area contributed by atoms with E-state index < -0.39 is 0 Å². The van der Waals surface area contributed by atoms with Gasteiger partial charge in [-0.1, -0.05) is 25.0 Å². The van der Waals surface area contributed by atoms with Crippen molar-refractivity contribution in [2.75, 3.05) is 6.54 Å². The molecule has 1 aliphatic carbocycles. The predicted molar refractivity (Wildman–Crippen MR) is 89.6 cm³/mol. The van der Waals surface area contributed by atoms with Crippen LogP contribution in [0.15, 0.2) is 11.6 Å². The molecule has 0 amide bonds. The van der Waals surface area contributed by atoms with Crippen LogP contribution in [0.3, 0.4) is 0 Å². The molecule has 118 valence electrons. The first-order valence-corrected chi connectivity index (χ1v) is 8.54. The van der Waals surface area contributed by atoms with Gasteiger partial charge in [-0.05, 0) is 64.5 Å². The number of nitrogens with one attached hydrogen (secondary N) is 1. The predicted octanol–water partition coefficient (Wildman–Crippen LogP) is 3.84. The summed E-state index contributed by atoms with van der Waals surface area (Å²) in [6.45, 7) is 7.58. The molecule has 0 aromatic carbocycles. The highest BCUT2D eigenvalue weighted by molar-refractivity contribution is 5.25. The quantitative estimate of drug-likeness (QED) is 0.806. The monoisotopic (exact) mass is 289 g/mol. The van der Waals surface area contributed by atoms with Crippen LogP contribution in [0.2, 0.25) is 0 Å². The lowest BCUT2D eigenvalue weighted by molar-refractivity contribution is 0.530. The van der Waals surface area contributed by atoms with E-state index in [9.17, 15) is 0 Å². The van der Waals surface area contributed by atoms with Crippen LogP contribution in [-0.2, 0) is 13.5 Å². The molecule has 1 aromatic heterocycles. The lowest BCUT2D eigenvalue weighted by atomic mass is 9.95. The van der Waals surface area contributed by atoms with Crippen molar-refractivity contribution in [3.05, 3.63) is 28.6 Å². The molecule has 0 fully saturated rings. The summed E-state index contributed by atoms with van der Waals surface area (Å²) >= 11 is 0. The van der Waals surface area contributed by atoms with Crippen molar-refractivity contribution < 1.29 is 0 Å². The average Bonchev–Trinajstić information content (AvgIpc) is 2.68. The molecule has 1 aliphatic rings. The third kappa shape index (κ3) is 4.19. The minimum atomic E-state index is 0.548. The fraction of sp³-hybridized carbons (Fsp3) is 0.722. The van der Waals surface area contributed by atoms with Crippen LogP contribution in [0.4, 0.5) is 0 Å². The summed E-state index contributed by atoms with van der Waals surface area (Å²) < 4.78 is 2.01. The van der Waals surface area contributed by atoms with E-state index in [1.54, 1.807) is 5.57 Å². The molecule has 21 heavy (non-hydrogen) atoms. The van der Waals surface area contributed by atoms with E-state index in [1.807, 2.05) is 11.7 Å². The second kappa shape index (κ2) is 7.79. The van der Waals surface area contributed by atoms with Gasteiger partial charge in [0.25, 0.3) is 0 Å². The van der Waals surface area contributed by atoms with Crippen LogP contribution < -0.4 is 5.32 Å². The summed E-state index contributed by atoms with van der Waals surface area (Å²) in [5, 5.41) is 8.24. The van der Waals surface area contributed by atoms with Gasteiger partial charge in [0.1, 0.15) is 0 Å². The van der Waals surface area contributed by atoms with Crippen LogP contribution >= 0.6 is 0 Å². The Balaban J connectivity index is 2.04. The van der Waals surface area contributed by atoms with E-state index in [0.717, 1.165) is 13.0 Å². The largest absolute Gasteiger partial charge is 0.311 e. The van der Waals surface area contributed by atoms with Crippen LogP contribution in [0, 0.1) is 13.8 Å². The number of allylic oxidation sites excluding steroid dienone is 1. The van der Waals surface area contributed by atoms with Crippen LogP contribution in [-0.4, -0.2) is 22.4 Å². The second-order valence-electron chi connectivity index (χ2n) is 6.30. The molecule has 1 N–H and O–H groups in total. The molecule has 1 heterocycles. The molecule has 3 heteroatoms. The first kappa shape index (κ1) is 16.3. The Morgan fingerprint density at radius 2 is 2.10 bits per heavy atom. The fourth-order valence-corrected chi connectivity index (χ4v) is 3.49. The molecule has 1 atom stereocenters. The number of aryl methyl sites for hydroxylation is 2. The van der Waals surface area contributed by atoms with Crippen molar-refractivity contribution in [1.29, 1.82) is 0 Å². The first-order valence-electron chi connectivity index (χ1n) is 8.54. The molecule has 0 bridgehead atoms. The van der Waals surface area contributed by atoms with Gasteiger partial charge >= 0.3 is 0 Å². The zero-order valence-corrected chi connectivity index (χ0v) is 14.2. The van der Waals surface area contributed by atoms with Crippen molar-refractivity contribution in [3.63, 3.8) is 0 Å². The van der Waals surface area contributed by atoms with Crippen molar-refractivity contribution in [2.24, 2.45) is 7.05 Å². The van der Waals surface area contributed by atoms with Gasteiger partial charge in [0.2, 0.25) is 0 Å². The Kier molecular flexibility index (Phi) is 6.04. The van der Waals surface area contributed by atoms with E-state index in [-0.39, 0.29) is 0 Å². The molecule has 2 rings (SSSR count). The summed E-state index contributed by atoms with van der Waals surface area (Å²) in [6, 6.07) is 0.548. The van der Waals surface area contributed by atoms with E-state index in [4.69, 9.17) is 0 Å². The highest BCUT2D eigenvalue weighted by atomic mass is 15.3. The van der Waals surface area contributed by atoms with Gasteiger partial charge in [-0.2, -0.15) is 5.10 Å². The Labute approximate surface area is 129 Å². The molecule has 0 aliphatic heterocycles.